The van der Waals surface area contributed by atoms with Gasteiger partial charge in [0.25, 0.3) is 0 Å². The van der Waals surface area contributed by atoms with Crippen LogP contribution in [0.5, 0.6) is 0 Å². The number of nitrogens with zero attached hydrogens (tertiary/aromatic N) is 4. The van der Waals surface area contributed by atoms with Crippen LogP contribution in [-0.2, 0) is 4.74 Å². The summed E-state index contributed by atoms with van der Waals surface area (Å²) in [7, 11) is 1.99. The molecule has 1 saturated heterocycles. The van der Waals surface area contributed by atoms with Crippen LogP contribution >= 0.6 is 22.9 Å². The van der Waals surface area contributed by atoms with Gasteiger partial charge >= 0.3 is 0 Å². The van der Waals surface area contributed by atoms with Crippen LogP contribution in [0.2, 0.25) is 5.02 Å². The number of rotatable bonds is 3. The average molecular weight is 384 g/mol. The van der Waals surface area contributed by atoms with Crippen LogP contribution in [0, 0.1) is 11.3 Å². The quantitative estimate of drug-likeness (QED) is 0.698. The predicted octanol–water partition coefficient (Wildman–Crippen LogP) is 1.82. The number of anilines is 1. The summed E-state index contributed by atoms with van der Waals surface area (Å²) >= 11 is 8.07. The molecule has 0 amide bonds. The van der Waals surface area contributed by atoms with E-state index < -0.39 is 0 Å². The third-order valence-electron chi connectivity index (χ3n) is 4.33. The Kier molecular flexibility index (Phi) is 4.68. The minimum Gasteiger partial charge on any atom is -0.378 e. The second-order valence-corrected chi connectivity index (χ2v) is 7.42. The molecule has 0 atom stereocenters. The minimum atomic E-state index is 0.619. The van der Waals surface area contributed by atoms with Gasteiger partial charge in [-0.2, -0.15) is 5.26 Å². The zero-order valence-electron chi connectivity index (χ0n) is 14.1. The summed E-state index contributed by atoms with van der Waals surface area (Å²) in [5.74, 6) is 0.637. The second-order valence-electron chi connectivity index (χ2n) is 6.02. The van der Waals surface area contributed by atoms with Gasteiger partial charge in [-0.15, -0.1) is 21.5 Å². The highest BCUT2D eigenvalue weighted by Gasteiger charge is 2.27. The van der Waals surface area contributed by atoms with Gasteiger partial charge in [-0.3, -0.25) is 0 Å². The lowest BCUT2D eigenvalue weighted by atomic mass is 9.92. The van der Waals surface area contributed by atoms with Gasteiger partial charge in [0, 0.05) is 29.2 Å². The van der Waals surface area contributed by atoms with E-state index >= 15 is 0 Å². The lowest BCUT2D eigenvalue weighted by Crippen LogP contribution is -2.36. The Morgan fingerprint density at radius 3 is 2.81 bits per heavy atom. The fourth-order valence-electron chi connectivity index (χ4n) is 3.08. The lowest BCUT2D eigenvalue weighted by molar-refractivity contribution is 0.123. The zero-order valence-corrected chi connectivity index (χ0v) is 15.7. The van der Waals surface area contributed by atoms with Crippen molar-refractivity contribution in [2.75, 3.05) is 31.2 Å². The van der Waals surface area contributed by atoms with Crippen LogP contribution < -0.4 is 10.4 Å². The molecule has 0 aliphatic carbocycles. The van der Waals surface area contributed by atoms with E-state index in [0.29, 0.717) is 29.6 Å². The summed E-state index contributed by atoms with van der Waals surface area (Å²) in [5.41, 5.74) is 3.33. The molecule has 1 aromatic carbocycles. The molecule has 130 valence electrons. The van der Waals surface area contributed by atoms with Crippen molar-refractivity contribution in [2.24, 2.45) is 0 Å². The van der Waals surface area contributed by atoms with Gasteiger partial charge in [0.1, 0.15) is 25.2 Å². The van der Waals surface area contributed by atoms with Crippen molar-refractivity contribution in [3.63, 3.8) is 0 Å². The maximum atomic E-state index is 9.96. The SMILES string of the molecule is Bc1ccc(-c2c(-c3nnc[nH]3)sc(N3CCOCC3)c2C#N)c(Cl)c1. The van der Waals surface area contributed by atoms with Crippen LogP contribution in [0.25, 0.3) is 21.8 Å². The van der Waals surface area contributed by atoms with E-state index in [1.54, 1.807) is 0 Å². The van der Waals surface area contributed by atoms with E-state index in [1.165, 1.54) is 17.7 Å². The number of aromatic amines is 1. The van der Waals surface area contributed by atoms with Gasteiger partial charge in [-0.05, 0) is 6.07 Å². The van der Waals surface area contributed by atoms with Crippen molar-refractivity contribution in [1.29, 1.82) is 5.26 Å². The first kappa shape index (κ1) is 17.1. The molecule has 3 aromatic rings. The number of nitrogens with one attached hydrogen (secondary N) is 1. The standard InChI is InChI=1S/C17H15BClN5OS/c18-10-1-2-11(13(19)7-10)14-12(8-20)17(24-3-5-25-6-4-24)26-15(14)16-21-9-22-23-16/h1-2,7,9H,3-6,18H2,(H,21,22,23). The number of hydrogen-bond donors (Lipinski definition) is 1. The number of nitriles is 1. The van der Waals surface area contributed by atoms with Crippen molar-refractivity contribution in [3.05, 3.63) is 35.1 Å². The van der Waals surface area contributed by atoms with E-state index in [0.717, 1.165) is 39.6 Å². The number of halogens is 1. The summed E-state index contributed by atoms with van der Waals surface area (Å²) in [5, 5.41) is 19.6. The maximum Gasteiger partial charge on any atom is 0.171 e. The molecule has 1 N–H and O–H groups in total. The summed E-state index contributed by atoms with van der Waals surface area (Å²) in [4.78, 5) is 6.11. The van der Waals surface area contributed by atoms with E-state index in [-0.39, 0.29) is 0 Å². The van der Waals surface area contributed by atoms with E-state index in [9.17, 15) is 5.26 Å². The van der Waals surface area contributed by atoms with E-state index in [1.807, 2.05) is 26.0 Å². The second kappa shape index (κ2) is 7.12. The molecule has 2 aromatic heterocycles. The average Bonchev–Trinajstić information content (AvgIpc) is 3.30. The highest BCUT2D eigenvalue weighted by Crippen LogP contribution is 2.47. The summed E-state index contributed by atoms with van der Waals surface area (Å²) in [6.07, 6.45) is 1.54. The van der Waals surface area contributed by atoms with Gasteiger partial charge in [-0.25, -0.2) is 0 Å². The largest absolute Gasteiger partial charge is 0.378 e. The van der Waals surface area contributed by atoms with Crippen molar-refractivity contribution in [2.45, 2.75) is 0 Å². The van der Waals surface area contributed by atoms with Gasteiger partial charge in [0.15, 0.2) is 5.82 Å². The summed E-state index contributed by atoms with van der Waals surface area (Å²) in [6, 6.07) is 8.26. The summed E-state index contributed by atoms with van der Waals surface area (Å²) < 4.78 is 5.45. The molecule has 1 aliphatic heterocycles. The van der Waals surface area contributed by atoms with Crippen molar-refractivity contribution in [1.82, 2.24) is 15.2 Å². The number of H-pyrrole nitrogens is 1. The Bertz CT molecular complexity index is 976. The molecule has 0 saturated carbocycles. The molecule has 0 bridgehead atoms. The van der Waals surface area contributed by atoms with E-state index in [2.05, 4.69) is 26.2 Å². The Balaban J connectivity index is 1.95. The number of morpholine rings is 1. The first-order valence-corrected chi connectivity index (χ1v) is 9.41. The minimum absolute atomic E-state index is 0.619. The third-order valence-corrected chi connectivity index (χ3v) is 5.90. The summed E-state index contributed by atoms with van der Waals surface area (Å²) in [6.45, 7) is 2.82. The smallest absolute Gasteiger partial charge is 0.171 e. The van der Waals surface area contributed by atoms with Gasteiger partial charge in [0.2, 0.25) is 0 Å². The van der Waals surface area contributed by atoms with Crippen molar-refractivity contribution >= 4 is 41.2 Å². The molecule has 4 rings (SSSR count). The highest BCUT2D eigenvalue weighted by atomic mass is 35.5. The Labute approximate surface area is 160 Å². The van der Waals surface area contributed by atoms with Crippen molar-refractivity contribution in [3.8, 4) is 27.9 Å². The van der Waals surface area contributed by atoms with Crippen molar-refractivity contribution < 1.29 is 4.74 Å². The first-order valence-electron chi connectivity index (χ1n) is 8.21. The van der Waals surface area contributed by atoms with E-state index in [4.69, 9.17) is 16.3 Å². The molecule has 1 fully saturated rings. The molecule has 9 heteroatoms. The fourth-order valence-corrected chi connectivity index (χ4v) is 4.67. The molecule has 3 heterocycles. The Morgan fingerprint density at radius 1 is 1.35 bits per heavy atom. The van der Waals surface area contributed by atoms with Crippen LogP contribution in [0.3, 0.4) is 0 Å². The van der Waals surface area contributed by atoms with Crippen LogP contribution in [0.4, 0.5) is 5.00 Å². The maximum absolute atomic E-state index is 9.96. The molecular weight excluding hydrogens is 369 g/mol. The van der Waals surface area contributed by atoms with Crippen LogP contribution in [-0.4, -0.2) is 49.3 Å². The van der Waals surface area contributed by atoms with Gasteiger partial charge in [-0.1, -0.05) is 29.2 Å². The zero-order chi connectivity index (χ0) is 18.1. The highest BCUT2D eigenvalue weighted by molar-refractivity contribution is 7.20. The first-order chi connectivity index (χ1) is 12.7. The number of aromatic nitrogens is 3. The van der Waals surface area contributed by atoms with Gasteiger partial charge in [0.05, 0.1) is 23.7 Å². The van der Waals surface area contributed by atoms with Crippen LogP contribution in [0.1, 0.15) is 5.56 Å². The van der Waals surface area contributed by atoms with Crippen LogP contribution in [0.15, 0.2) is 24.5 Å². The number of hydrogen-bond acceptors (Lipinski definition) is 6. The number of ether oxygens (including phenoxy) is 1. The predicted molar refractivity (Wildman–Crippen MR) is 106 cm³/mol. The molecule has 6 nitrogen and oxygen atoms in total. The molecule has 0 unspecified atom stereocenters. The third kappa shape index (κ3) is 2.99. The normalized spacial score (nSPS) is 14.4. The number of thiophene rings is 1. The molecule has 0 radical (unpaired) electrons. The molecule has 26 heavy (non-hydrogen) atoms. The Hall–Kier alpha value is -2.34. The Morgan fingerprint density at radius 2 is 2.15 bits per heavy atom. The number of benzene rings is 1. The lowest BCUT2D eigenvalue weighted by Gasteiger charge is -2.27. The molecular formula is C17H15BClN5OS. The molecule has 0 spiro atoms. The van der Waals surface area contributed by atoms with Gasteiger partial charge < -0.3 is 14.6 Å². The topological polar surface area (TPSA) is 77.8 Å². The monoisotopic (exact) mass is 383 g/mol. The fraction of sp³-hybridized carbons (Fsp3) is 0.235. The molecule has 1 aliphatic rings.